The molecule has 0 radical (unpaired) electrons. The number of nitrogens with one attached hydrogen (secondary N) is 1. The molecule has 2 heterocycles. The van der Waals surface area contributed by atoms with Gasteiger partial charge in [0.2, 0.25) is 5.91 Å². The molecule has 0 aliphatic heterocycles. The molecule has 2 aromatic heterocycles. The van der Waals surface area contributed by atoms with Crippen molar-refractivity contribution >= 4 is 17.7 Å². The molecule has 182 valence electrons. The number of pyridine rings is 1. The summed E-state index contributed by atoms with van der Waals surface area (Å²) >= 11 is 1.45. The van der Waals surface area contributed by atoms with Gasteiger partial charge < -0.3 is 5.32 Å². The van der Waals surface area contributed by atoms with Crippen LogP contribution in [0.25, 0.3) is 17.1 Å². The van der Waals surface area contributed by atoms with Crippen molar-refractivity contribution in [3.05, 3.63) is 54.4 Å². The molecule has 1 atom stereocenters. The van der Waals surface area contributed by atoms with Gasteiger partial charge >= 0.3 is 0 Å². The summed E-state index contributed by atoms with van der Waals surface area (Å²) in [5.74, 6) is 3.82. The zero-order valence-corrected chi connectivity index (χ0v) is 21.3. The average molecular weight is 488 g/mol. The number of thioether (sulfide) groups is 1. The summed E-state index contributed by atoms with van der Waals surface area (Å²) in [6.45, 7) is 4.33. The third-order valence-electron chi connectivity index (χ3n) is 8.64. The van der Waals surface area contributed by atoms with Crippen molar-refractivity contribution in [2.24, 2.45) is 23.2 Å². The van der Waals surface area contributed by atoms with Crippen LogP contribution in [-0.4, -0.2) is 37.5 Å². The molecule has 4 fully saturated rings. The van der Waals surface area contributed by atoms with Gasteiger partial charge in [-0.05, 0) is 99.3 Å². The van der Waals surface area contributed by atoms with Gasteiger partial charge in [-0.3, -0.25) is 14.3 Å². The maximum Gasteiger partial charge on any atom is 0.230 e. The topological polar surface area (TPSA) is 72.7 Å². The third-order valence-corrected chi connectivity index (χ3v) is 9.57. The fourth-order valence-corrected chi connectivity index (χ4v) is 8.11. The summed E-state index contributed by atoms with van der Waals surface area (Å²) in [7, 11) is 0. The van der Waals surface area contributed by atoms with Gasteiger partial charge in [0, 0.05) is 24.0 Å². The van der Waals surface area contributed by atoms with Crippen LogP contribution in [0.3, 0.4) is 0 Å². The minimum atomic E-state index is 0.0861. The largest absolute Gasteiger partial charge is 0.352 e. The highest BCUT2D eigenvalue weighted by Crippen LogP contribution is 2.61. The van der Waals surface area contributed by atoms with Gasteiger partial charge in [-0.15, -0.1) is 10.2 Å². The molecule has 6 nitrogen and oxygen atoms in total. The molecule has 1 aromatic carbocycles. The van der Waals surface area contributed by atoms with Crippen molar-refractivity contribution in [1.29, 1.82) is 0 Å². The van der Waals surface area contributed by atoms with Crippen LogP contribution < -0.4 is 5.32 Å². The number of carbonyl (C=O) groups is 1. The van der Waals surface area contributed by atoms with E-state index in [0.717, 1.165) is 45.5 Å². The maximum atomic E-state index is 13.1. The van der Waals surface area contributed by atoms with E-state index in [9.17, 15) is 4.79 Å². The molecule has 4 aliphatic rings. The summed E-state index contributed by atoms with van der Waals surface area (Å²) in [5, 5.41) is 13.1. The van der Waals surface area contributed by atoms with Gasteiger partial charge in [-0.25, -0.2) is 0 Å². The van der Waals surface area contributed by atoms with Crippen LogP contribution in [0.15, 0.2) is 53.9 Å². The number of amides is 1. The van der Waals surface area contributed by atoms with E-state index in [1.807, 2.05) is 24.3 Å². The lowest BCUT2D eigenvalue weighted by molar-refractivity contribution is -0.123. The summed E-state index contributed by atoms with van der Waals surface area (Å²) in [4.78, 5) is 17.3. The monoisotopic (exact) mass is 487 g/mol. The Hall–Kier alpha value is -2.67. The first kappa shape index (κ1) is 22.8. The van der Waals surface area contributed by atoms with E-state index in [0.29, 0.717) is 11.2 Å². The van der Waals surface area contributed by atoms with Crippen molar-refractivity contribution < 1.29 is 4.79 Å². The second-order valence-corrected chi connectivity index (χ2v) is 12.0. The number of rotatable bonds is 7. The molecular weight excluding hydrogens is 454 g/mol. The van der Waals surface area contributed by atoms with Crippen molar-refractivity contribution in [2.75, 3.05) is 5.75 Å². The minimum Gasteiger partial charge on any atom is -0.352 e. The van der Waals surface area contributed by atoms with Gasteiger partial charge in [0.15, 0.2) is 11.0 Å². The standard InChI is InChI=1S/C28H33N5OS/c1-18-5-3-4-6-24(18)33-26(23-7-9-29-10-8-23)31-32-27(33)35-17-25(34)30-19(2)28-14-20-11-21(15-28)13-22(12-20)16-28/h3-10,19-22H,11-17H2,1-2H3,(H,30,34). The Morgan fingerprint density at radius 3 is 2.37 bits per heavy atom. The Labute approximate surface area is 211 Å². The predicted octanol–water partition coefficient (Wildman–Crippen LogP) is 5.45. The lowest BCUT2D eigenvalue weighted by Gasteiger charge is -2.59. The molecule has 4 bridgehead atoms. The second-order valence-electron chi connectivity index (χ2n) is 11.0. The zero-order valence-electron chi connectivity index (χ0n) is 20.5. The van der Waals surface area contributed by atoms with Crippen molar-refractivity contribution in [3.63, 3.8) is 0 Å². The minimum absolute atomic E-state index is 0.0861. The molecule has 7 heteroatoms. The van der Waals surface area contributed by atoms with Gasteiger partial charge in [-0.2, -0.15) is 0 Å². The Kier molecular flexibility index (Phi) is 5.91. The molecule has 4 saturated carbocycles. The number of para-hydroxylation sites is 1. The van der Waals surface area contributed by atoms with Gasteiger partial charge in [-0.1, -0.05) is 30.0 Å². The summed E-state index contributed by atoms with van der Waals surface area (Å²) in [6.07, 6.45) is 11.7. The number of carbonyl (C=O) groups excluding carboxylic acids is 1. The van der Waals surface area contributed by atoms with Gasteiger partial charge in [0.25, 0.3) is 0 Å². The van der Waals surface area contributed by atoms with Crippen LogP contribution in [0.1, 0.15) is 51.0 Å². The third kappa shape index (κ3) is 4.28. The van der Waals surface area contributed by atoms with Crippen LogP contribution in [0.2, 0.25) is 0 Å². The molecule has 1 N–H and O–H groups in total. The number of benzene rings is 1. The lowest BCUT2D eigenvalue weighted by Crippen LogP contribution is -2.56. The fourth-order valence-electron chi connectivity index (χ4n) is 7.36. The van der Waals surface area contributed by atoms with E-state index in [1.165, 1.54) is 50.3 Å². The van der Waals surface area contributed by atoms with Crippen LogP contribution in [0, 0.1) is 30.1 Å². The Balaban J connectivity index is 1.19. The highest BCUT2D eigenvalue weighted by Gasteiger charge is 2.53. The van der Waals surface area contributed by atoms with E-state index < -0.39 is 0 Å². The molecule has 0 spiro atoms. The Morgan fingerprint density at radius 2 is 1.71 bits per heavy atom. The number of aromatic nitrogens is 4. The van der Waals surface area contributed by atoms with Crippen molar-refractivity contribution in [2.45, 2.75) is 63.6 Å². The SMILES string of the molecule is Cc1ccccc1-n1c(SCC(=O)NC(C)C23CC4CC(CC(C4)C2)C3)nnc1-c1ccncc1. The van der Waals surface area contributed by atoms with Crippen LogP contribution >= 0.6 is 11.8 Å². The first-order valence-corrected chi connectivity index (χ1v) is 13.8. The fraction of sp³-hybridized carbons (Fsp3) is 0.500. The van der Waals surface area contributed by atoms with Crippen LogP contribution in [-0.2, 0) is 4.79 Å². The molecule has 1 amide bonds. The van der Waals surface area contributed by atoms with Gasteiger partial charge in [0.05, 0.1) is 11.4 Å². The van der Waals surface area contributed by atoms with Gasteiger partial charge in [0.1, 0.15) is 0 Å². The van der Waals surface area contributed by atoms with Crippen LogP contribution in [0.5, 0.6) is 0 Å². The van der Waals surface area contributed by atoms with E-state index in [4.69, 9.17) is 0 Å². The number of hydrogen-bond acceptors (Lipinski definition) is 5. The van der Waals surface area contributed by atoms with E-state index in [-0.39, 0.29) is 11.9 Å². The Morgan fingerprint density at radius 1 is 1.06 bits per heavy atom. The quantitative estimate of drug-likeness (QED) is 0.449. The highest BCUT2D eigenvalue weighted by molar-refractivity contribution is 7.99. The van der Waals surface area contributed by atoms with Crippen molar-refractivity contribution in [3.8, 4) is 17.1 Å². The first-order chi connectivity index (χ1) is 17.0. The summed E-state index contributed by atoms with van der Waals surface area (Å²) in [5.41, 5.74) is 3.41. The number of hydrogen-bond donors (Lipinski definition) is 1. The predicted molar refractivity (Wildman–Crippen MR) is 138 cm³/mol. The molecule has 4 aliphatic carbocycles. The maximum absolute atomic E-state index is 13.1. The number of aryl methyl sites for hydroxylation is 1. The number of nitrogens with zero attached hydrogens (tertiary/aromatic N) is 4. The molecule has 0 saturated heterocycles. The second kappa shape index (κ2) is 9.08. The molecule has 3 aromatic rings. The normalized spacial score (nSPS) is 27.7. The molecular formula is C28H33N5OS. The van der Waals surface area contributed by atoms with Crippen LogP contribution in [0.4, 0.5) is 0 Å². The van der Waals surface area contributed by atoms with E-state index in [1.54, 1.807) is 12.4 Å². The Bertz CT molecular complexity index is 1190. The highest BCUT2D eigenvalue weighted by atomic mass is 32.2. The van der Waals surface area contributed by atoms with E-state index >= 15 is 0 Å². The molecule has 7 rings (SSSR count). The van der Waals surface area contributed by atoms with E-state index in [2.05, 4.69) is 51.0 Å². The average Bonchev–Trinajstić information content (AvgIpc) is 3.26. The lowest BCUT2D eigenvalue weighted by atomic mass is 9.48. The summed E-state index contributed by atoms with van der Waals surface area (Å²) in [6, 6.07) is 12.3. The zero-order chi connectivity index (χ0) is 24.0. The first-order valence-electron chi connectivity index (χ1n) is 12.8. The molecule has 35 heavy (non-hydrogen) atoms. The smallest absolute Gasteiger partial charge is 0.230 e. The summed E-state index contributed by atoms with van der Waals surface area (Å²) < 4.78 is 2.06. The molecule has 1 unspecified atom stereocenters. The van der Waals surface area contributed by atoms with Crippen molar-refractivity contribution in [1.82, 2.24) is 25.1 Å².